The van der Waals surface area contributed by atoms with Crippen molar-refractivity contribution in [3.63, 3.8) is 0 Å². The van der Waals surface area contributed by atoms with Crippen LogP contribution in [0.4, 0.5) is 11.4 Å². The van der Waals surface area contributed by atoms with Crippen LogP contribution in [0.25, 0.3) is 0 Å². The number of hydrogen-bond acceptors (Lipinski definition) is 8. The number of aromatic hydroxyl groups is 1. The molecule has 2 amide bonds. The Morgan fingerprint density at radius 2 is 1.76 bits per heavy atom. The summed E-state index contributed by atoms with van der Waals surface area (Å²) in [7, 11) is 0. The highest BCUT2D eigenvalue weighted by molar-refractivity contribution is 9.10. The van der Waals surface area contributed by atoms with Crippen molar-refractivity contribution >= 4 is 39.1 Å². The van der Waals surface area contributed by atoms with E-state index in [1.807, 2.05) is 19.1 Å². The lowest BCUT2D eigenvalue weighted by Crippen LogP contribution is -2.29. The minimum atomic E-state index is -0.639. The second-order valence-electron chi connectivity index (χ2n) is 7.27. The normalized spacial score (nSPS) is 12.8. The maximum Gasteiger partial charge on any atom is 0.281 e. The topological polar surface area (TPSA) is 152 Å². The van der Waals surface area contributed by atoms with E-state index < -0.39 is 23.3 Å². The van der Waals surface area contributed by atoms with Crippen LogP contribution in [0.2, 0.25) is 0 Å². The van der Waals surface area contributed by atoms with Crippen molar-refractivity contribution in [2.75, 3.05) is 6.54 Å². The van der Waals surface area contributed by atoms with Gasteiger partial charge < -0.3 is 5.11 Å². The molecule has 2 heterocycles. The molecule has 33 heavy (non-hydrogen) atoms. The SMILES string of the molecule is CCCCn1c(O)c(C#N)c(C)c(N=Nc2c(C#N)cc3c(c2Br)C(=O)N(CC)C3=O)c1=O. The van der Waals surface area contributed by atoms with E-state index in [4.69, 9.17) is 0 Å². The van der Waals surface area contributed by atoms with Gasteiger partial charge in [-0.15, -0.1) is 10.2 Å². The van der Waals surface area contributed by atoms with Gasteiger partial charge in [0.2, 0.25) is 5.88 Å². The van der Waals surface area contributed by atoms with Crippen molar-refractivity contribution < 1.29 is 14.7 Å². The Kier molecular flexibility index (Phi) is 6.75. The van der Waals surface area contributed by atoms with Gasteiger partial charge in [0.1, 0.15) is 23.4 Å². The Hall–Kier alpha value is -3.83. The molecule has 1 aromatic carbocycles. The van der Waals surface area contributed by atoms with Gasteiger partial charge in [0, 0.05) is 18.7 Å². The summed E-state index contributed by atoms with van der Waals surface area (Å²) in [4.78, 5) is 39.2. The van der Waals surface area contributed by atoms with Crippen molar-refractivity contribution in [1.82, 2.24) is 9.47 Å². The van der Waals surface area contributed by atoms with Crippen LogP contribution in [0, 0.1) is 29.6 Å². The number of rotatable bonds is 6. The largest absolute Gasteiger partial charge is 0.493 e. The molecule has 1 aromatic heterocycles. The Balaban J connectivity index is 2.22. The van der Waals surface area contributed by atoms with Crippen molar-refractivity contribution in [1.29, 1.82) is 10.5 Å². The molecule has 0 fully saturated rings. The molecular weight excluding hydrogens is 492 g/mol. The molecular formula is C22H19BrN6O4. The molecule has 0 bridgehead atoms. The quantitative estimate of drug-likeness (QED) is 0.453. The number of hydrogen-bond donors (Lipinski definition) is 1. The minimum Gasteiger partial charge on any atom is -0.493 e. The predicted octanol–water partition coefficient (Wildman–Crippen LogP) is 4.20. The molecule has 0 spiro atoms. The average Bonchev–Trinajstić information content (AvgIpc) is 3.04. The third-order valence-corrected chi connectivity index (χ3v) is 6.14. The van der Waals surface area contributed by atoms with Crippen LogP contribution < -0.4 is 5.56 Å². The lowest BCUT2D eigenvalue weighted by molar-refractivity contribution is 0.0662. The van der Waals surface area contributed by atoms with Crippen LogP contribution in [-0.4, -0.2) is 32.9 Å². The number of aromatic nitrogens is 1. The molecule has 10 nitrogen and oxygen atoms in total. The molecule has 0 radical (unpaired) electrons. The summed E-state index contributed by atoms with van der Waals surface area (Å²) in [6, 6.07) is 5.08. The van der Waals surface area contributed by atoms with Gasteiger partial charge in [-0.1, -0.05) is 13.3 Å². The highest BCUT2D eigenvalue weighted by Gasteiger charge is 2.38. The summed E-state index contributed by atoms with van der Waals surface area (Å²) in [5, 5.41) is 37.5. The zero-order valence-corrected chi connectivity index (χ0v) is 19.7. The maximum atomic E-state index is 13.0. The fourth-order valence-electron chi connectivity index (χ4n) is 3.54. The fraction of sp³-hybridized carbons (Fsp3) is 0.318. The van der Waals surface area contributed by atoms with Gasteiger partial charge in [0.15, 0.2) is 5.69 Å². The highest BCUT2D eigenvalue weighted by Crippen LogP contribution is 2.40. The van der Waals surface area contributed by atoms with E-state index in [1.165, 1.54) is 13.0 Å². The van der Waals surface area contributed by atoms with Crippen molar-refractivity contribution in [3.05, 3.63) is 48.7 Å². The van der Waals surface area contributed by atoms with Gasteiger partial charge in [-0.05, 0) is 42.3 Å². The van der Waals surface area contributed by atoms with Gasteiger partial charge in [-0.25, -0.2) is 0 Å². The van der Waals surface area contributed by atoms with E-state index in [2.05, 4.69) is 26.2 Å². The van der Waals surface area contributed by atoms with E-state index in [1.54, 1.807) is 6.92 Å². The Morgan fingerprint density at radius 1 is 1.09 bits per heavy atom. The summed E-state index contributed by atoms with van der Waals surface area (Å²) in [5.74, 6) is -1.47. The summed E-state index contributed by atoms with van der Waals surface area (Å²) >= 11 is 3.27. The fourth-order valence-corrected chi connectivity index (χ4v) is 4.22. The summed E-state index contributed by atoms with van der Waals surface area (Å²) in [6.07, 6.45) is 1.35. The number of benzene rings is 1. The molecule has 0 aliphatic carbocycles. The van der Waals surface area contributed by atoms with Crippen LogP contribution in [0.3, 0.4) is 0 Å². The zero-order valence-electron chi connectivity index (χ0n) is 18.1. The van der Waals surface area contributed by atoms with Crippen molar-refractivity contribution in [3.8, 4) is 18.0 Å². The second-order valence-corrected chi connectivity index (χ2v) is 8.06. The van der Waals surface area contributed by atoms with Crippen LogP contribution in [0.5, 0.6) is 5.88 Å². The lowest BCUT2D eigenvalue weighted by Gasteiger charge is -2.12. The standard InChI is InChI=1S/C22H19BrN6O4/c1-4-6-7-29-20(31)14(10-25)11(3)17(22(29)33)26-27-18-12(9-24)8-13-15(16(18)23)21(32)28(5-2)19(13)30/h8,31H,4-7H2,1-3H3. The number of unbranched alkanes of at least 4 members (excludes halogenated alkanes) is 1. The number of nitrogens with zero attached hydrogens (tertiary/aromatic N) is 6. The molecule has 1 aliphatic rings. The molecule has 1 aliphatic heterocycles. The predicted molar refractivity (Wildman–Crippen MR) is 121 cm³/mol. The van der Waals surface area contributed by atoms with Crippen LogP contribution in [0.1, 0.15) is 64.1 Å². The first-order valence-corrected chi connectivity index (χ1v) is 10.9. The molecule has 3 rings (SSSR count). The third kappa shape index (κ3) is 3.81. The number of nitriles is 2. The number of imide groups is 1. The first-order valence-electron chi connectivity index (χ1n) is 10.1. The zero-order chi connectivity index (χ0) is 24.4. The maximum absolute atomic E-state index is 13.0. The summed E-state index contributed by atoms with van der Waals surface area (Å²) < 4.78 is 1.17. The van der Waals surface area contributed by atoms with Gasteiger partial charge in [-0.3, -0.25) is 23.9 Å². The third-order valence-electron chi connectivity index (χ3n) is 5.37. The number of azo groups is 1. The van der Waals surface area contributed by atoms with Crippen LogP contribution in [-0.2, 0) is 6.54 Å². The Labute approximate surface area is 197 Å². The number of fused-ring (bicyclic) bond motifs is 1. The number of carbonyl (C=O) groups excluding carboxylic acids is 2. The monoisotopic (exact) mass is 510 g/mol. The summed E-state index contributed by atoms with van der Waals surface area (Å²) in [5.41, 5.74) is -0.681. The first kappa shape index (κ1) is 23.8. The minimum absolute atomic E-state index is 0.0216. The van der Waals surface area contributed by atoms with E-state index in [0.29, 0.717) is 6.42 Å². The smallest absolute Gasteiger partial charge is 0.281 e. The average molecular weight is 511 g/mol. The Bertz CT molecular complexity index is 1360. The van der Waals surface area contributed by atoms with Crippen LogP contribution in [0.15, 0.2) is 25.6 Å². The number of amides is 2. The highest BCUT2D eigenvalue weighted by atomic mass is 79.9. The number of pyridine rings is 1. The number of halogens is 1. The van der Waals surface area contributed by atoms with Crippen molar-refractivity contribution in [2.45, 2.75) is 40.2 Å². The van der Waals surface area contributed by atoms with E-state index in [-0.39, 0.29) is 56.8 Å². The van der Waals surface area contributed by atoms with Gasteiger partial charge in [0.25, 0.3) is 17.4 Å². The summed E-state index contributed by atoms with van der Waals surface area (Å²) in [6.45, 7) is 5.39. The van der Waals surface area contributed by atoms with E-state index >= 15 is 0 Å². The molecule has 0 saturated carbocycles. The first-order chi connectivity index (χ1) is 15.7. The molecule has 0 saturated heterocycles. The van der Waals surface area contributed by atoms with Crippen LogP contribution >= 0.6 is 15.9 Å². The van der Waals surface area contributed by atoms with Gasteiger partial charge >= 0.3 is 0 Å². The van der Waals surface area contributed by atoms with E-state index in [9.17, 15) is 30.0 Å². The molecule has 0 unspecified atom stereocenters. The molecule has 11 heteroatoms. The molecule has 168 valence electrons. The lowest BCUT2D eigenvalue weighted by atomic mass is 10.0. The molecule has 0 atom stereocenters. The molecule has 1 N–H and O–H groups in total. The Morgan fingerprint density at radius 3 is 2.33 bits per heavy atom. The van der Waals surface area contributed by atoms with Crippen molar-refractivity contribution in [2.24, 2.45) is 10.2 Å². The number of carbonyl (C=O) groups is 2. The van der Waals surface area contributed by atoms with E-state index in [0.717, 1.165) is 15.9 Å². The molecule has 2 aromatic rings. The van der Waals surface area contributed by atoms with Gasteiger partial charge in [0.05, 0.1) is 21.2 Å². The van der Waals surface area contributed by atoms with Gasteiger partial charge in [-0.2, -0.15) is 10.5 Å². The second kappa shape index (κ2) is 9.35.